The molecule has 3 rings (SSSR count). The molecule has 1 aliphatic heterocycles. The summed E-state index contributed by atoms with van der Waals surface area (Å²) >= 11 is 0. The second-order valence-electron chi connectivity index (χ2n) is 9.05. The van der Waals surface area contributed by atoms with Gasteiger partial charge in [-0.25, -0.2) is 14.7 Å². The fourth-order valence-corrected chi connectivity index (χ4v) is 4.69. The van der Waals surface area contributed by atoms with Gasteiger partial charge in [0, 0.05) is 18.3 Å². The molecular weight excluding hydrogens is 426 g/mol. The average Bonchev–Trinajstić information content (AvgIpc) is 2.99. The molecular formula is C23H31N5O3S. The summed E-state index contributed by atoms with van der Waals surface area (Å²) in [5, 5.41) is -0.313. The van der Waals surface area contributed by atoms with Crippen molar-refractivity contribution in [1.82, 2.24) is 14.7 Å². The molecule has 0 spiro atoms. The van der Waals surface area contributed by atoms with Crippen LogP contribution in [-0.4, -0.2) is 36.4 Å². The number of carbonyl (C=O) groups excluding carboxylic acids is 1. The Bertz CT molecular complexity index is 1180. The van der Waals surface area contributed by atoms with E-state index in [1.807, 2.05) is 20.8 Å². The van der Waals surface area contributed by atoms with Gasteiger partial charge in [0.05, 0.1) is 5.56 Å². The van der Waals surface area contributed by atoms with Gasteiger partial charge in [0.15, 0.2) is 5.03 Å². The molecule has 172 valence electrons. The van der Waals surface area contributed by atoms with Crippen molar-refractivity contribution >= 4 is 33.1 Å². The van der Waals surface area contributed by atoms with Crippen LogP contribution in [0.25, 0.3) is 5.57 Å². The first kappa shape index (κ1) is 23.7. The highest BCUT2D eigenvalue weighted by molar-refractivity contribution is 7.90. The predicted octanol–water partition coefficient (Wildman–Crippen LogP) is 3.62. The van der Waals surface area contributed by atoms with E-state index in [0.717, 1.165) is 29.7 Å². The third kappa shape index (κ3) is 4.48. The summed E-state index contributed by atoms with van der Waals surface area (Å²) in [5.41, 5.74) is 8.42. The topological polar surface area (TPSA) is 118 Å². The van der Waals surface area contributed by atoms with E-state index in [1.54, 1.807) is 12.3 Å². The van der Waals surface area contributed by atoms with E-state index >= 15 is 0 Å². The molecule has 1 fully saturated rings. The van der Waals surface area contributed by atoms with Crippen molar-refractivity contribution in [3.8, 4) is 0 Å². The molecule has 0 radical (unpaired) electrons. The number of nitrogen functional groups attached to an aromatic ring is 1. The van der Waals surface area contributed by atoms with Gasteiger partial charge < -0.3 is 10.6 Å². The minimum Gasteiger partial charge on any atom is -0.384 e. The molecule has 1 atom stereocenters. The van der Waals surface area contributed by atoms with Gasteiger partial charge in [0.2, 0.25) is 0 Å². The van der Waals surface area contributed by atoms with E-state index in [0.29, 0.717) is 11.7 Å². The molecule has 32 heavy (non-hydrogen) atoms. The molecule has 8 nitrogen and oxygen atoms in total. The van der Waals surface area contributed by atoms with Crippen LogP contribution in [0.2, 0.25) is 0 Å². The highest BCUT2D eigenvalue weighted by atomic mass is 32.2. The van der Waals surface area contributed by atoms with Gasteiger partial charge >= 0.3 is 0 Å². The van der Waals surface area contributed by atoms with Crippen molar-refractivity contribution in [2.75, 3.05) is 17.2 Å². The summed E-state index contributed by atoms with van der Waals surface area (Å²) in [6, 6.07) is 5.95. The number of hydrogen-bond acceptors (Lipinski definition) is 7. The normalized spacial score (nSPS) is 17.8. The first-order valence-electron chi connectivity index (χ1n) is 10.6. The summed E-state index contributed by atoms with van der Waals surface area (Å²) in [6.07, 6.45) is 2.69. The molecule has 0 saturated carbocycles. The quantitative estimate of drug-likeness (QED) is 0.704. The van der Waals surface area contributed by atoms with Crippen LogP contribution in [-0.2, 0) is 10.0 Å². The Morgan fingerprint density at radius 2 is 1.94 bits per heavy atom. The van der Waals surface area contributed by atoms with E-state index in [2.05, 4.69) is 40.4 Å². The van der Waals surface area contributed by atoms with Gasteiger partial charge in [-0.2, -0.15) is 8.42 Å². The number of nitrogens with one attached hydrogen (secondary N) is 1. The third-order valence-electron chi connectivity index (χ3n) is 6.48. The summed E-state index contributed by atoms with van der Waals surface area (Å²) in [7, 11) is -4.21. The van der Waals surface area contributed by atoms with Gasteiger partial charge in [0.25, 0.3) is 15.9 Å². The molecule has 0 aromatic carbocycles. The van der Waals surface area contributed by atoms with Crippen LogP contribution >= 0.6 is 0 Å². The van der Waals surface area contributed by atoms with E-state index in [4.69, 9.17) is 5.73 Å². The highest BCUT2D eigenvalue weighted by Crippen LogP contribution is 2.39. The molecule has 3 heterocycles. The van der Waals surface area contributed by atoms with Gasteiger partial charge in [-0.15, -0.1) is 0 Å². The van der Waals surface area contributed by atoms with Crippen LogP contribution in [0.5, 0.6) is 0 Å². The maximum Gasteiger partial charge on any atom is 0.281 e. The number of allylic oxidation sites excluding steroid dienone is 2. The summed E-state index contributed by atoms with van der Waals surface area (Å²) in [4.78, 5) is 23.9. The molecule has 9 heteroatoms. The van der Waals surface area contributed by atoms with Crippen LogP contribution in [0.15, 0.2) is 41.1 Å². The number of sulfonamides is 1. The first-order valence-corrected chi connectivity index (χ1v) is 12.0. The lowest BCUT2D eigenvalue weighted by Gasteiger charge is -2.36. The second kappa shape index (κ2) is 8.54. The summed E-state index contributed by atoms with van der Waals surface area (Å²) in [6.45, 7) is 13.0. The third-order valence-corrected chi connectivity index (χ3v) is 7.72. The first-order chi connectivity index (χ1) is 14.8. The SMILES string of the molecule is CC(C)=C(C)c1cnc(N2CCC(C)C2(C)C)c(C(=O)NS(=O)(=O)c2cccc(N)n2)c1. The number of amides is 1. The molecule has 0 bridgehead atoms. The Labute approximate surface area is 190 Å². The summed E-state index contributed by atoms with van der Waals surface area (Å²) in [5.74, 6) is 0.157. The van der Waals surface area contributed by atoms with E-state index in [-0.39, 0.29) is 21.9 Å². The average molecular weight is 458 g/mol. The predicted molar refractivity (Wildman–Crippen MR) is 127 cm³/mol. The number of rotatable bonds is 5. The number of nitrogens with two attached hydrogens (primary N) is 1. The Morgan fingerprint density at radius 3 is 2.50 bits per heavy atom. The monoisotopic (exact) mass is 457 g/mol. The highest BCUT2D eigenvalue weighted by Gasteiger charge is 2.41. The largest absolute Gasteiger partial charge is 0.384 e. The van der Waals surface area contributed by atoms with Crippen LogP contribution in [0.1, 0.15) is 63.9 Å². The van der Waals surface area contributed by atoms with Crippen LogP contribution in [0.4, 0.5) is 11.6 Å². The zero-order chi connectivity index (χ0) is 23.8. The van der Waals surface area contributed by atoms with Gasteiger partial charge in [-0.3, -0.25) is 4.79 Å². The molecule has 2 aromatic rings. The molecule has 3 N–H and O–H groups in total. The summed E-state index contributed by atoms with van der Waals surface area (Å²) < 4.78 is 27.8. The molecule has 1 saturated heterocycles. The van der Waals surface area contributed by atoms with E-state index in [1.165, 1.54) is 18.2 Å². The van der Waals surface area contributed by atoms with Crippen molar-refractivity contribution in [3.63, 3.8) is 0 Å². The number of pyridine rings is 2. The zero-order valence-electron chi connectivity index (χ0n) is 19.4. The van der Waals surface area contributed by atoms with Crippen LogP contribution < -0.4 is 15.4 Å². The molecule has 0 aliphatic carbocycles. The van der Waals surface area contributed by atoms with E-state index in [9.17, 15) is 13.2 Å². The molecule has 1 unspecified atom stereocenters. The lowest BCUT2D eigenvalue weighted by Crippen LogP contribution is -2.43. The molecule has 1 aliphatic rings. The number of carbonyl (C=O) groups is 1. The number of hydrogen-bond donors (Lipinski definition) is 2. The minimum absolute atomic E-state index is 0.0525. The fraction of sp³-hybridized carbons (Fsp3) is 0.435. The van der Waals surface area contributed by atoms with Crippen molar-refractivity contribution in [2.45, 2.75) is 58.5 Å². The standard InChI is InChI=1S/C23H31N5O3S/c1-14(2)16(4)17-12-18(21(25-13-17)28-11-10-15(3)23(28,5)6)22(29)27-32(30,31)20-9-7-8-19(24)26-20/h7-9,12-13,15H,10-11H2,1-6H3,(H2,24,26)(H,27,29). The Morgan fingerprint density at radius 1 is 1.25 bits per heavy atom. The smallest absolute Gasteiger partial charge is 0.281 e. The van der Waals surface area contributed by atoms with Crippen molar-refractivity contribution in [1.29, 1.82) is 0 Å². The molecule has 2 aromatic heterocycles. The molecule has 1 amide bonds. The van der Waals surface area contributed by atoms with Gasteiger partial charge in [-0.1, -0.05) is 18.6 Å². The van der Waals surface area contributed by atoms with Crippen molar-refractivity contribution < 1.29 is 13.2 Å². The Kier molecular flexibility index (Phi) is 6.33. The minimum atomic E-state index is -4.21. The van der Waals surface area contributed by atoms with Gasteiger partial charge in [0.1, 0.15) is 11.6 Å². The van der Waals surface area contributed by atoms with Crippen LogP contribution in [0, 0.1) is 5.92 Å². The van der Waals surface area contributed by atoms with Crippen molar-refractivity contribution in [3.05, 3.63) is 47.2 Å². The van der Waals surface area contributed by atoms with Crippen molar-refractivity contribution in [2.24, 2.45) is 5.92 Å². The van der Waals surface area contributed by atoms with Crippen LogP contribution in [0.3, 0.4) is 0 Å². The van der Waals surface area contributed by atoms with Gasteiger partial charge in [-0.05, 0) is 76.3 Å². The second-order valence-corrected chi connectivity index (χ2v) is 10.7. The maximum absolute atomic E-state index is 13.3. The Hall–Kier alpha value is -2.94. The number of nitrogens with zero attached hydrogens (tertiary/aromatic N) is 3. The lowest BCUT2D eigenvalue weighted by atomic mass is 9.90. The number of aromatic nitrogens is 2. The maximum atomic E-state index is 13.3. The lowest BCUT2D eigenvalue weighted by molar-refractivity contribution is 0.0981. The van der Waals surface area contributed by atoms with E-state index < -0.39 is 15.9 Å². The number of anilines is 2. The zero-order valence-corrected chi connectivity index (χ0v) is 20.2. The Balaban J connectivity index is 2.09. The fourth-order valence-electron chi connectivity index (χ4n) is 3.75.